The van der Waals surface area contributed by atoms with Crippen molar-refractivity contribution in [3.63, 3.8) is 0 Å². The van der Waals surface area contributed by atoms with E-state index in [1.54, 1.807) is 0 Å². The van der Waals surface area contributed by atoms with Crippen LogP contribution >= 0.6 is 27.3 Å². The molecule has 0 saturated carbocycles. The second-order valence-corrected chi connectivity index (χ2v) is 9.07. The number of halogens is 1. The van der Waals surface area contributed by atoms with Gasteiger partial charge in [0, 0.05) is 35.6 Å². The summed E-state index contributed by atoms with van der Waals surface area (Å²) in [6.07, 6.45) is 1.53. The Bertz CT molecular complexity index is 1050. The Kier molecular flexibility index (Phi) is 6.06. The molecule has 0 unspecified atom stereocenters. The van der Waals surface area contributed by atoms with Crippen LogP contribution in [0.5, 0.6) is 0 Å². The summed E-state index contributed by atoms with van der Waals surface area (Å²) in [5, 5.41) is 11.4. The van der Waals surface area contributed by atoms with E-state index in [2.05, 4.69) is 26.3 Å². The van der Waals surface area contributed by atoms with Gasteiger partial charge in [0.1, 0.15) is 0 Å². The van der Waals surface area contributed by atoms with Gasteiger partial charge in [-0.25, -0.2) is 4.68 Å². The number of aromatic nitrogens is 2. The van der Waals surface area contributed by atoms with Gasteiger partial charge in [0.2, 0.25) is 0 Å². The monoisotopic (exact) mass is 486 g/mol. The number of carbonyl (C=O) groups is 2. The van der Waals surface area contributed by atoms with E-state index in [9.17, 15) is 9.59 Å². The van der Waals surface area contributed by atoms with Crippen molar-refractivity contribution < 1.29 is 9.59 Å². The molecule has 1 aliphatic heterocycles. The maximum atomic E-state index is 12.9. The molecule has 0 atom stereocenters. The molecule has 4 rings (SSSR count). The Morgan fingerprint density at radius 3 is 2.37 bits per heavy atom. The first-order valence-electron chi connectivity index (χ1n) is 9.88. The number of aryl methyl sites for hydroxylation is 1. The molecular formula is C22H23BrN4O2S. The number of nitrogens with zero attached hydrogens (tertiary/aromatic N) is 3. The Morgan fingerprint density at radius 1 is 1.10 bits per heavy atom. The highest BCUT2D eigenvalue weighted by Gasteiger charge is 2.25. The number of benzene rings is 1. The zero-order valence-corrected chi connectivity index (χ0v) is 19.3. The lowest BCUT2D eigenvalue weighted by atomic mass is 10.0. The van der Waals surface area contributed by atoms with E-state index < -0.39 is 0 Å². The number of hydrogen-bond acceptors (Lipinski definition) is 4. The summed E-state index contributed by atoms with van der Waals surface area (Å²) in [5.41, 5.74) is 4.25. The van der Waals surface area contributed by atoms with Crippen molar-refractivity contribution in [1.82, 2.24) is 20.0 Å². The lowest BCUT2D eigenvalue weighted by Gasteiger charge is -2.32. The summed E-state index contributed by atoms with van der Waals surface area (Å²) in [5.74, 6) is -0.00823. The van der Waals surface area contributed by atoms with E-state index in [1.165, 1.54) is 11.3 Å². The van der Waals surface area contributed by atoms with Crippen LogP contribution in [-0.4, -0.2) is 45.6 Å². The molecule has 1 aliphatic rings. The largest absolute Gasteiger partial charge is 0.349 e. The quantitative estimate of drug-likeness (QED) is 0.595. The van der Waals surface area contributed by atoms with E-state index in [0.717, 1.165) is 34.4 Å². The first kappa shape index (κ1) is 20.8. The Labute approximate surface area is 188 Å². The summed E-state index contributed by atoms with van der Waals surface area (Å²) < 4.78 is 2.87. The third-order valence-corrected chi connectivity index (χ3v) is 7.29. The van der Waals surface area contributed by atoms with Crippen LogP contribution in [0.25, 0.3) is 5.69 Å². The van der Waals surface area contributed by atoms with E-state index in [4.69, 9.17) is 0 Å². The molecule has 1 aromatic carbocycles. The molecule has 0 bridgehead atoms. The molecule has 3 heterocycles. The maximum Gasteiger partial charge on any atom is 0.253 e. The van der Waals surface area contributed by atoms with Crippen molar-refractivity contribution >= 4 is 39.1 Å². The van der Waals surface area contributed by atoms with Crippen LogP contribution in [0.15, 0.2) is 45.6 Å². The number of nitrogens with one attached hydrogen (secondary N) is 1. The molecule has 2 amide bonds. The predicted octanol–water partition coefficient (Wildman–Crippen LogP) is 4.35. The Hall–Kier alpha value is -2.45. The molecule has 1 saturated heterocycles. The number of thiophene rings is 1. The number of amides is 2. The fourth-order valence-electron chi connectivity index (χ4n) is 3.69. The van der Waals surface area contributed by atoms with Gasteiger partial charge >= 0.3 is 0 Å². The summed E-state index contributed by atoms with van der Waals surface area (Å²) >= 11 is 5.06. The fourth-order valence-corrected chi connectivity index (χ4v) is 4.58. The van der Waals surface area contributed by atoms with Gasteiger partial charge in [-0.3, -0.25) is 9.59 Å². The number of piperidine rings is 1. The molecule has 8 heteroatoms. The molecule has 0 spiro atoms. The maximum absolute atomic E-state index is 12.9. The highest BCUT2D eigenvalue weighted by molar-refractivity contribution is 9.10. The molecular weight excluding hydrogens is 464 g/mol. The molecule has 2 aromatic heterocycles. The first-order chi connectivity index (χ1) is 14.4. The predicted molar refractivity (Wildman–Crippen MR) is 121 cm³/mol. The zero-order valence-electron chi connectivity index (χ0n) is 16.9. The van der Waals surface area contributed by atoms with Crippen molar-refractivity contribution in [1.29, 1.82) is 0 Å². The number of rotatable bonds is 4. The Balaban J connectivity index is 1.36. The third-order valence-electron chi connectivity index (χ3n) is 5.46. The number of carbonyl (C=O) groups excluding carboxylic acids is 2. The van der Waals surface area contributed by atoms with Gasteiger partial charge in [-0.2, -0.15) is 16.4 Å². The van der Waals surface area contributed by atoms with E-state index >= 15 is 0 Å². The molecule has 6 nitrogen and oxygen atoms in total. The lowest BCUT2D eigenvalue weighted by molar-refractivity contribution is 0.0698. The van der Waals surface area contributed by atoms with E-state index in [1.807, 2.05) is 64.5 Å². The van der Waals surface area contributed by atoms with Crippen LogP contribution in [0.4, 0.5) is 0 Å². The second kappa shape index (κ2) is 8.73. The van der Waals surface area contributed by atoms with Gasteiger partial charge in [0.05, 0.1) is 21.5 Å². The van der Waals surface area contributed by atoms with Gasteiger partial charge < -0.3 is 10.2 Å². The zero-order chi connectivity index (χ0) is 21.3. The van der Waals surface area contributed by atoms with Crippen LogP contribution in [0.2, 0.25) is 0 Å². The van der Waals surface area contributed by atoms with Crippen LogP contribution in [0.1, 0.15) is 44.9 Å². The van der Waals surface area contributed by atoms with Gasteiger partial charge in [0.15, 0.2) is 0 Å². The molecule has 0 radical (unpaired) electrons. The van der Waals surface area contributed by atoms with Crippen molar-refractivity contribution in [2.24, 2.45) is 0 Å². The van der Waals surface area contributed by atoms with Gasteiger partial charge in [0.25, 0.3) is 11.8 Å². The third kappa shape index (κ3) is 4.20. The summed E-state index contributed by atoms with van der Waals surface area (Å²) in [4.78, 5) is 27.0. The van der Waals surface area contributed by atoms with E-state index in [0.29, 0.717) is 24.2 Å². The smallest absolute Gasteiger partial charge is 0.253 e. The molecule has 30 heavy (non-hydrogen) atoms. The minimum Gasteiger partial charge on any atom is -0.349 e. The summed E-state index contributed by atoms with van der Waals surface area (Å²) in [7, 11) is 0. The molecule has 1 N–H and O–H groups in total. The second-order valence-electron chi connectivity index (χ2n) is 7.50. The molecule has 0 aliphatic carbocycles. The highest BCUT2D eigenvalue weighted by Crippen LogP contribution is 2.23. The average Bonchev–Trinajstić information content (AvgIpc) is 3.39. The minimum absolute atomic E-state index is 0.0266. The van der Waals surface area contributed by atoms with Crippen molar-refractivity contribution in [2.45, 2.75) is 32.7 Å². The van der Waals surface area contributed by atoms with E-state index in [-0.39, 0.29) is 17.9 Å². The number of likely N-dealkylation sites (tertiary alicyclic amines) is 1. The first-order valence-corrected chi connectivity index (χ1v) is 11.6. The molecule has 3 aromatic rings. The fraction of sp³-hybridized carbons (Fsp3) is 0.318. The topological polar surface area (TPSA) is 67.2 Å². The normalized spacial score (nSPS) is 14.7. The number of hydrogen-bond donors (Lipinski definition) is 1. The van der Waals surface area contributed by atoms with Crippen LogP contribution in [0.3, 0.4) is 0 Å². The van der Waals surface area contributed by atoms with Crippen molar-refractivity contribution in [3.05, 3.63) is 68.1 Å². The van der Waals surface area contributed by atoms with Crippen molar-refractivity contribution in [3.8, 4) is 5.69 Å². The minimum atomic E-state index is -0.0348. The standard InChI is InChI=1S/C22H23BrN4O2S/c1-14-20(23)15(2)27(25-14)19-5-3-16(4-6-19)22(29)26-10-7-18(8-11-26)24-21(28)17-9-12-30-13-17/h3-6,9,12-13,18H,7-8,10-11H2,1-2H3,(H,24,28). The lowest BCUT2D eigenvalue weighted by Crippen LogP contribution is -2.46. The van der Waals surface area contributed by atoms with Crippen LogP contribution in [-0.2, 0) is 0 Å². The SMILES string of the molecule is Cc1nn(-c2ccc(C(=O)N3CCC(NC(=O)c4ccsc4)CC3)cc2)c(C)c1Br. The van der Waals surface area contributed by atoms with Gasteiger partial charge in [-0.05, 0) is 78.3 Å². The van der Waals surface area contributed by atoms with Gasteiger partial charge in [-0.1, -0.05) is 0 Å². The molecule has 156 valence electrons. The van der Waals surface area contributed by atoms with Crippen LogP contribution in [0, 0.1) is 13.8 Å². The highest BCUT2D eigenvalue weighted by atomic mass is 79.9. The van der Waals surface area contributed by atoms with Crippen LogP contribution < -0.4 is 5.32 Å². The van der Waals surface area contributed by atoms with Gasteiger partial charge in [-0.15, -0.1) is 0 Å². The summed E-state index contributed by atoms with van der Waals surface area (Å²) in [6, 6.07) is 9.49. The Morgan fingerprint density at radius 2 is 1.80 bits per heavy atom. The molecule has 1 fully saturated rings. The van der Waals surface area contributed by atoms with Crippen molar-refractivity contribution in [2.75, 3.05) is 13.1 Å². The average molecular weight is 487 g/mol. The summed E-state index contributed by atoms with van der Waals surface area (Å²) in [6.45, 7) is 5.24.